The number of amides is 1. The van der Waals surface area contributed by atoms with Gasteiger partial charge in [-0.15, -0.1) is 0 Å². The molecule has 3 rings (SSSR count). The number of nitrogens with zero attached hydrogens (tertiary/aromatic N) is 1. The van der Waals surface area contributed by atoms with Crippen LogP contribution in [-0.4, -0.2) is 41.1 Å². The van der Waals surface area contributed by atoms with Crippen LogP contribution in [0.4, 0.5) is 0 Å². The van der Waals surface area contributed by atoms with Crippen molar-refractivity contribution in [3.8, 4) is 0 Å². The number of carbonyl (C=O) groups excluding carboxylic acids is 2. The Hall–Kier alpha value is -2.08. The second-order valence-corrected chi connectivity index (χ2v) is 9.28. The molecule has 1 N–H and O–H groups in total. The average Bonchev–Trinajstić information content (AvgIpc) is 2.80. The lowest BCUT2D eigenvalue weighted by atomic mass is 9.74. The topological polar surface area (TPSA) is 66.8 Å². The molecule has 0 spiro atoms. The quantitative estimate of drug-likeness (QED) is 0.451. The number of benzene rings is 2. The van der Waals surface area contributed by atoms with E-state index in [1.54, 1.807) is 24.0 Å². The van der Waals surface area contributed by atoms with E-state index in [9.17, 15) is 14.7 Å². The Bertz CT molecular complexity index is 950. The van der Waals surface area contributed by atoms with Gasteiger partial charge in [0.1, 0.15) is 6.04 Å². The molecule has 1 saturated heterocycles. The van der Waals surface area contributed by atoms with Gasteiger partial charge >= 0.3 is 5.97 Å². The highest BCUT2D eigenvalue weighted by Gasteiger charge is 2.47. The summed E-state index contributed by atoms with van der Waals surface area (Å²) in [7, 11) is 0. The molecule has 4 atom stereocenters. The van der Waals surface area contributed by atoms with Crippen LogP contribution in [0.3, 0.4) is 0 Å². The van der Waals surface area contributed by atoms with E-state index in [4.69, 9.17) is 27.9 Å². The number of rotatable bonds is 9. The molecular formula is C26H31Cl2NO4. The van der Waals surface area contributed by atoms with E-state index in [1.165, 1.54) is 0 Å². The highest BCUT2D eigenvalue weighted by Crippen LogP contribution is 2.47. The minimum Gasteiger partial charge on any atom is -0.464 e. The van der Waals surface area contributed by atoms with Crippen molar-refractivity contribution in [2.45, 2.75) is 57.5 Å². The van der Waals surface area contributed by atoms with Crippen molar-refractivity contribution in [1.29, 1.82) is 0 Å². The first-order valence-electron chi connectivity index (χ1n) is 11.5. The Labute approximate surface area is 205 Å². The van der Waals surface area contributed by atoms with Gasteiger partial charge in [-0.2, -0.15) is 0 Å². The number of hydrogen-bond acceptors (Lipinski definition) is 4. The molecule has 5 nitrogen and oxygen atoms in total. The second-order valence-electron chi connectivity index (χ2n) is 8.40. The zero-order valence-corrected chi connectivity index (χ0v) is 20.6. The molecule has 1 amide bonds. The predicted molar refractivity (Wildman–Crippen MR) is 130 cm³/mol. The number of halogens is 2. The molecule has 178 valence electrons. The predicted octanol–water partition coefficient (Wildman–Crippen LogP) is 5.78. The first-order valence-corrected chi connectivity index (χ1v) is 12.3. The van der Waals surface area contributed by atoms with Gasteiger partial charge in [-0.3, -0.25) is 4.79 Å². The molecule has 0 unspecified atom stereocenters. The molecule has 2 aromatic carbocycles. The molecule has 0 aliphatic carbocycles. The largest absolute Gasteiger partial charge is 0.464 e. The van der Waals surface area contributed by atoms with Crippen LogP contribution in [-0.2, 0) is 14.3 Å². The zero-order chi connectivity index (χ0) is 24.0. The molecule has 33 heavy (non-hydrogen) atoms. The fourth-order valence-corrected chi connectivity index (χ4v) is 5.14. The van der Waals surface area contributed by atoms with Crippen molar-refractivity contribution >= 4 is 35.1 Å². The summed E-state index contributed by atoms with van der Waals surface area (Å²) in [6.45, 7) is 3.89. The number of hydrogen-bond donors (Lipinski definition) is 1. The third-order valence-electron chi connectivity index (χ3n) is 6.25. The molecule has 1 fully saturated rings. The Balaban J connectivity index is 2.19. The fourth-order valence-electron chi connectivity index (χ4n) is 4.81. The van der Waals surface area contributed by atoms with Gasteiger partial charge in [0.2, 0.25) is 5.91 Å². The third-order valence-corrected chi connectivity index (χ3v) is 6.73. The molecule has 1 aliphatic heterocycles. The fraction of sp³-hybridized carbons (Fsp3) is 0.462. The zero-order valence-electron chi connectivity index (χ0n) is 19.0. The molecular weight excluding hydrogens is 461 g/mol. The van der Waals surface area contributed by atoms with Gasteiger partial charge in [0.05, 0.1) is 12.6 Å². The normalized spacial score (nSPS) is 21.7. The van der Waals surface area contributed by atoms with E-state index in [1.807, 2.05) is 43.3 Å². The van der Waals surface area contributed by atoms with Crippen LogP contribution in [0, 0.1) is 5.92 Å². The maximum absolute atomic E-state index is 13.8. The second kappa shape index (κ2) is 11.9. The molecule has 0 bridgehead atoms. The number of likely N-dealkylation sites (tertiary alicyclic amines) is 1. The Kier molecular flexibility index (Phi) is 9.19. The molecule has 2 aromatic rings. The van der Waals surface area contributed by atoms with Gasteiger partial charge in [-0.25, -0.2) is 4.79 Å². The first-order chi connectivity index (χ1) is 15.9. The van der Waals surface area contributed by atoms with Crippen LogP contribution >= 0.6 is 23.2 Å². The summed E-state index contributed by atoms with van der Waals surface area (Å²) in [4.78, 5) is 28.6. The first kappa shape index (κ1) is 25.5. The highest BCUT2D eigenvalue weighted by atomic mass is 35.5. The summed E-state index contributed by atoms with van der Waals surface area (Å²) in [6, 6.07) is 13.9. The SMILES string of the molecule is CCC[C@@H](C(=O)OCC)N1C(=O)[C@@H](CCO)C[C@H](c2cccc(Cl)c2)[C@H]1c1ccc(Cl)cc1. The highest BCUT2D eigenvalue weighted by molar-refractivity contribution is 6.30. The number of ether oxygens (including phenoxy) is 1. The van der Waals surface area contributed by atoms with E-state index in [0.717, 1.165) is 11.1 Å². The average molecular weight is 492 g/mol. The van der Waals surface area contributed by atoms with E-state index in [0.29, 0.717) is 35.7 Å². The number of carbonyl (C=O) groups is 2. The lowest BCUT2D eigenvalue weighted by molar-refractivity contribution is -0.163. The lowest BCUT2D eigenvalue weighted by Gasteiger charge is -2.47. The Morgan fingerprint density at radius 3 is 2.45 bits per heavy atom. The van der Waals surface area contributed by atoms with E-state index in [2.05, 4.69) is 0 Å². The summed E-state index contributed by atoms with van der Waals surface area (Å²) in [5.74, 6) is -1.06. The van der Waals surface area contributed by atoms with Gasteiger partial charge in [-0.1, -0.05) is 60.8 Å². The molecule has 1 heterocycles. The molecule has 0 radical (unpaired) electrons. The number of esters is 1. The number of piperidine rings is 1. The minimum atomic E-state index is -0.716. The lowest BCUT2D eigenvalue weighted by Crippen LogP contribution is -2.54. The van der Waals surface area contributed by atoms with E-state index < -0.39 is 24.0 Å². The van der Waals surface area contributed by atoms with E-state index >= 15 is 0 Å². The van der Waals surface area contributed by atoms with Gasteiger partial charge < -0.3 is 14.7 Å². The van der Waals surface area contributed by atoms with Crippen molar-refractivity contribution in [2.24, 2.45) is 5.92 Å². The van der Waals surface area contributed by atoms with Gasteiger partial charge in [0.25, 0.3) is 0 Å². The molecule has 1 aliphatic rings. The monoisotopic (exact) mass is 491 g/mol. The van der Waals surface area contributed by atoms with Crippen molar-refractivity contribution < 1.29 is 19.4 Å². The summed E-state index contributed by atoms with van der Waals surface area (Å²) in [6.07, 6.45) is 2.09. The summed E-state index contributed by atoms with van der Waals surface area (Å²) < 4.78 is 5.39. The molecule has 0 aromatic heterocycles. The number of aliphatic hydroxyl groups excluding tert-OH is 1. The smallest absolute Gasteiger partial charge is 0.328 e. The van der Waals surface area contributed by atoms with Crippen LogP contribution in [0.15, 0.2) is 48.5 Å². The Morgan fingerprint density at radius 1 is 1.12 bits per heavy atom. The van der Waals surface area contributed by atoms with Crippen molar-refractivity contribution in [2.75, 3.05) is 13.2 Å². The van der Waals surface area contributed by atoms with Crippen LogP contribution in [0.1, 0.15) is 62.6 Å². The number of aliphatic hydroxyl groups is 1. The van der Waals surface area contributed by atoms with Crippen LogP contribution < -0.4 is 0 Å². The van der Waals surface area contributed by atoms with Crippen LogP contribution in [0.2, 0.25) is 10.0 Å². The van der Waals surface area contributed by atoms with Gasteiger partial charge in [0, 0.05) is 28.5 Å². The van der Waals surface area contributed by atoms with E-state index in [-0.39, 0.29) is 25.0 Å². The molecule has 0 saturated carbocycles. The van der Waals surface area contributed by atoms with Crippen molar-refractivity contribution in [3.05, 3.63) is 69.7 Å². The summed E-state index contributed by atoms with van der Waals surface area (Å²) in [5.41, 5.74) is 1.88. The summed E-state index contributed by atoms with van der Waals surface area (Å²) >= 11 is 12.5. The standard InChI is InChI=1S/C26H31Cl2NO4/c1-3-6-23(26(32)33-4-2)29-24(17-9-11-20(27)12-10-17)22(16-19(13-14-30)25(29)31)18-7-5-8-21(28)15-18/h5,7-12,15,19,22-24,30H,3-4,6,13-14,16H2,1-2H3/t19-,22+,23-,24+/m0/s1. The minimum absolute atomic E-state index is 0.101. The van der Waals surface area contributed by atoms with Gasteiger partial charge in [0.15, 0.2) is 0 Å². The van der Waals surface area contributed by atoms with Crippen molar-refractivity contribution in [1.82, 2.24) is 4.90 Å². The van der Waals surface area contributed by atoms with Crippen molar-refractivity contribution in [3.63, 3.8) is 0 Å². The van der Waals surface area contributed by atoms with Crippen LogP contribution in [0.5, 0.6) is 0 Å². The summed E-state index contributed by atoms with van der Waals surface area (Å²) in [5, 5.41) is 10.9. The maximum Gasteiger partial charge on any atom is 0.328 e. The maximum atomic E-state index is 13.8. The molecule has 7 heteroatoms. The Morgan fingerprint density at radius 2 is 1.85 bits per heavy atom. The third kappa shape index (κ3) is 5.89. The van der Waals surface area contributed by atoms with Crippen LogP contribution in [0.25, 0.3) is 0 Å². The van der Waals surface area contributed by atoms with Gasteiger partial charge in [-0.05, 0) is 61.6 Å².